The highest BCUT2D eigenvalue weighted by molar-refractivity contribution is 5.95. The monoisotopic (exact) mass is 549 g/mol. The van der Waals surface area contributed by atoms with Crippen LogP contribution in [0.4, 0.5) is 17.6 Å². The van der Waals surface area contributed by atoms with Crippen LogP contribution >= 0.6 is 0 Å². The van der Waals surface area contributed by atoms with Gasteiger partial charge in [-0.05, 0) is 75.7 Å². The van der Waals surface area contributed by atoms with E-state index in [4.69, 9.17) is 4.74 Å². The molecule has 5 rings (SSSR count). The van der Waals surface area contributed by atoms with E-state index in [0.29, 0.717) is 56.1 Å². The van der Waals surface area contributed by atoms with Crippen LogP contribution in [-0.2, 0) is 0 Å². The third-order valence-electron chi connectivity index (χ3n) is 8.56. The van der Waals surface area contributed by atoms with Crippen molar-refractivity contribution in [3.8, 4) is 17.0 Å². The summed E-state index contributed by atoms with van der Waals surface area (Å²) in [4.78, 5) is 20.5. The fourth-order valence-corrected chi connectivity index (χ4v) is 5.91. The molecule has 1 aromatic carbocycles. The number of hydrogen-bond acceptors (Lipinski definition) is 5. The van der Waals surface area contributed by atoms with Gasteiger partial charge in [-0.25, -0.2) is 9.37 Å². The third kappa shape index (κ3) is 6.22. The molecule has 3 aliphatic rings. The molecular weight excluding hydrogens is 514 g/mol. The van der Waals surface area contributed by atoms with Crippen LogP contribution < -0.4 is 4.74 Å². The minimum Gasteiger partial charge on any atom is -0.477 e. The molecule has 212 valence electrons. The second-order valence-corrected chi connectivity index (χ2v) is 11.3. The molecule has 1 aliphatic carbocycles. The van der Waals surface area contributed by atoms with Crippen LogP contribution in [0.25, 0.3) is 11.1 Å². The van der Waals surface area contributed by atoms with Gasteiger partial charge in [-0.3, -0.25) is 4.79 Å². The first-order valence-corrected chi connectivity index (χ1v) is 13.8. The van der Waals surface area contributed by atoms with Gasteiger partial charge >= 0.3 is 6.18 Å². The fraction of sp³-hybridized carbons (Fsp3) is 0.586. The number of carbonyl (C=O) groups excluding carboxylic acids is 1. The number of benzene rings is 1. The van der Waals surface area contributed by atoms with E-state index < -0.39 is 23.5 Å². The molecule has 10 heteroatoms. The van der Waals surface area contributed by atoms with Gasteiger partial charge in [0.1, 0.15) is 5.82 Å². The van der Waals surface area contributed by atoms with E-state index in [-0.39, 0.29) is 43.3 Å². The minimum absolute atomic E-state index is 0.0974. The number of amides is 1. The Bertz CT molecular complexity index is 1150. The largest absolute Gasteiger partial charge is 0.477 e. The van der Waals surface area contributed by atoms with Gasteiger partial charge in [-0.15, -0.1) is 0 Å². The molecule has 0 bridgehead atoms. The van der Waals surface area contributed by atoms with E-state index in [2.05, 4.69) is 4.98 Å². The maximum atomic E-state index is 14.9. The first-order valence-electron chi connectivity index (χ1n) is 13.8. The molecule has 2 saturated heterocycles. The number of pyridine rings is 1. The molecule has 39 heavy (non-hydrogen) atoms. The van der Waals surface area contributed by atoms with Gasteiger partial charge < -0.3 is 19.6 Å². The molecule has 0 unspecified atom stereocenters. The summed E-state index contributed by atoms with van der Waals surface area (Å²) >= 11 is 0. The van der Waals surface area contributed by atoms with Gasteiger partial charge in [0, 0.05) is 48.6 Å². The van der Waals surface area contributed by atoms with Crippen molar-refractivity contribution in [2.24, 2.45) is 11.3 Å². The Hall–Kier alpha value is -2.72. The Labute approximate surface area is 226 Å². The van der Waals surface area contributed by atoms with E-state index in [9.17, 15) is 27.5 Å². The van der Waals surface area contributed by atoms with Crippen LogP contribution in [0.15, 0.2) is 36.5 Å². The number of nitrogens with zero attached hydrogens (tertiary/aromatic N) is 3. The summed E-state index contributed by atoms with van der Waals surface area (Å²) in [6.45, 7) is 2.60. The van der Waals surface area contributed by atoms with Gasteiger partial charge in [0.05, 0.1) is 18.1 Å². The molecule has 0 radical (unpaired) electrons. The second-order valence-electron chi connectivity index (χ2n) is 11.3. The minimum atomic E-state index is -4.14. The van der Waals surface area contributed by atoms with Crippen LogP contribution in [0, 0.1) is 17.2 Å². The second kappa shape index (κ2) is 11.4. The number of ether oxygens (including phenoxy) is 1. The van der Waals surface area contributed by atoms with Crippen molar-refractivity contribution in [2.75, 3.05) is 39.3 Å². The van der Waals surface area contributed by atoms with Crippen LogP contribution in [0.1, 0.15) is 55.3 Å². The first-order chi connectivity index (χ1) is 18.6. The maximum Gasteiger partial charge on any atom is 0.395 e. The molecule has 3 heterocycles. The van der Waals surface area contributed by atoms with Crippen LogP contribution in [0.3, 0.4) is 0 Å². The lowest BCUT2D eigenvalue weighted by molar-refractivity contribution is -0.256. The number of β-amino-alcohol motifs (C(OH)–C–C–N with tert-alkyl or cyclic N) is 1. The van der Waals surface area contributed by atoms with E-state index in [1.807, 2.05) is 4.90 Å². The summed E-state index contributed by atoms with van der Waals surface area (Å²) in [7, 11) is 0. The lowest BCUT2D eigenvalue weighted by atomic mass is 9.67. The smallest absolute Gasteiger partial charge is 0.395 e. The third-order valence-corrected chi connectivity index (χ3v) is 8.56. The number of likely N-dealkylation sites (tertiary alicyclic amines) is 2. The summed E-state index contributed by atoms with van der Waals surface area (Å²) in [5, 5.41) is 9.82. The molecule has 2 aliphatic heterocycles. The summed E-state index contributed by atoms with van der Waals surface area (Å²) < 4.78 is 61.2. The zero-order valence-corrected chi connectivity index (χ0v) is 21.9. The number of carbonyl (C=O) groups is 1. The molecule has 6 nitrogen and oxygen atoms in total. The first kappa shape index (κ1) is 27.8. The fourth-order valence-electron chi connectivity index (χ4n) is 5.91. The Balaban J connectivity index is 1.11. The number of aromatic nitrogens is 1. The molecule has 1 saturated carbocycles. The number of hydrogen-bond donors (Lipinski definition) is 1. The molecule has 3 fully saturated rings. The standard InChI is InChI=1S/C29H35F4N3O3/c30-25-15-21(27(38)36-12-1-3-23(37)17-36)4-6-24(25)22-5-7-26(34-16-22)39-18-20-8-13-35(14-9-20)19-28(10-2-11-28)29(31,32)33/h4-7,15-16,20,23,37H,1-3,8-14,17-19H2/t23-/m0/s1. The van der Waals surface area contributed by atoms with Crippen molar-refractivity contribution in [1.82, 2.24) is 14.8 Å². The lowest BCUT2D eigenvalue weighted by Gasteiger charge is -2.47. The SMILES string of the molecule is O=C(c1ccc(-c2ccc(OCC3CCN(CC4(C(F)(F)F)CCC4)CC3)nc2)c(F)c1)N1CCC[C@H](O)C1. The number of halogens is 4. The van der Waals surface area contributed by atoms with E-state index in [1.165, 1.54) is 12.3 Å². The van der Waals surface area contributed by atoms with Gasteiger partial charge in [-0.1, -0.05) is 12.5 Å². The molecule has 0 spiro atoms. The van der Waals surface area contributed by atoms with Crippen molar-refractivity contribution >= 4 is 5.91 Å². The number of rotatable bonds is 7. The summed E-state index contributed by atoms with van der Waals surface area (Å²) in [5.74, 6) is -0.179. The lowest BCUT2D eigenvalue weighted by Crippen LogP contribution is -2.53. The number of alkyl halides is 3. The molecule has 1 atom stereocenters. The Morgan fingerprint density at radius 1 is 1.08 bits per heavy atom. The van der Waals surface area contributed by atoms with E-state index in [0.717, 1.165) is 19.3 Å². The normalized spacial score (nSPS) is 22.4. The average Bonchev–Trinajstić information content (AvgIpc) is 2.89. The van der Waals surface area contributed by atoms with Gasteiger partial charge in [-0.2, -0.15) is 13.2 Å². The molecule has 1 N–H and O–H groups in total. The highest BCUT2D eigenvalue weighted by atomic mass is 19.4. The molecule has 1 aromatic heterocycles. The zero-order valence-electron chi connectivity index (χ0n) is 21.9. The Kier molecular flexibility index (Phi) is 8.14. The zero-order chi connectivity index (χ0) is 27.6. The Morgan fingerprint density at radius 3 is 2.44 bits per heavy atom. The van der Waals surface area contributed by atoms with Crippen molar-refractivity contribution in [3.63, 3.8) is 0 Å². The summed E-state index contributed by atoms with van der Waals surface area (Å²) in [5.41, 5.74) is -0.408. The molecular formula is C29H35F4N3O3. The highest BCUT2D eigenvalue weighted by Gasteiger charge is 2.58. The topological polar surface area (TPSA) is 65.9 Å². The average molecular weight is 550 g/mol. The predicted octanol–water partition coefficient (Wildman–Crippen LogP) is 5.31. The van der Waals surface area contributed by atoms with Gasteiger partial charge in [0.2, 0.25) is 5.88 Å². The van der Waals surface area contributed by atoms with E-state index >= 15 is 0 Å². The van der Waals surface area contributed by atoms with Crippen LogP contribution in [0.5, 0.6) is 5.88 Å². The van der Waals surface area contributed by atoms with Crippen molar-refractivity contribution in [2.45, 2.75) is 57.2 Å². The highest BCUT2D eigenvalue weighted by Crippen LogP contribution is 2.53. The van der Waals surface area contributed by atoms with Crippen molar-refractivity contribution in [1.29, 1.82) is 0 Å². The number of aliphatic hydroxyl groups is 1. The van der Waals surface area contributed by atoms with Crippen molar-refractivity contribution in [3.05, 3.63) is 47.9 Å². The van der Waals surface area contributed by atoms with Crippen LogP contribution in [-0.4, -0.2) is 77.4 Å². The molecule has 1 amide bonds. The summed E-state index contributed by atoms with van der Waals surface area (Å²) in [6, 6.07) is 7.74. The summed E-state index contributed by atoms with van der Waals surface area (Å²) in [6.07, 6.45) is 0.888. The predicted molar refractivity (Wildman–Crippen MR) is 138 cm³/mol. The Morgan fingerprint density at radius 2 is 1.85 bits per heavy atom. The maximum absolute atomic E-state index is 14.9. The van der Waals surface area contributed by atoms with Crippen molar-refractivity contribution < 1.29 is 32.2 Å². The molecule has 2 aromatic rings. The van der Waals surface area contributed by atoms with Crippen LogP contribution in [0.2, 0.25) is 0 Å². The van der Waals surface area contributed by atoms with E-state index in [1.54, 1.807) is 29.2 Å². The number of piperidine rings is 2. The number of aliphatic hydroxyl groups excluding tert-OH is 1. The van der Waals surface area contributed by atoms with Gasteiger partial charge in [0.15, 0.2) is 0 Å². The van der Waals surface area contributed by atoms with Gasteiger partial charge in [0.25, 0.3) is 5.91 Å². The quantitative estimate of drug-likeness (QED) is 0.475.